The van der Waals surface area contributed by atoms with E-state index in [9.17, 15) is 4.79 Å². The van der Waals surface area contributed by atoms with Crippen molar-refractivity contribution in [1.29, 1.82) is 0 Å². The number of aromatic nitrogens is 1. The Kier molecular flexibility index (Phi) is 5.75. The topological polar surface area (TPSA) is 59.4 Å². The van der Waals surface area contributed by atoms with Gasteiger partial charge in [0.25, 0.3) is 0 Å². The maximum Gasteiger partial charge on any atom is 0.347 e. The van der Waals surface area contributed by atoms with E-state index >= 15 is 0 Å². The molecule has 2 rings (SSSR count). The van der Waals surface area contributed by atoms with Crippen LogP contribution in [-0.4, -0.2) is 28.4 Å². The van der Waals surface area contributed by atoms with Gasteiger partial charge in [-0.15, -0.1) is 11.3 Å². The van der Waals surface area contributed by atoms with Gasteiger partial charge >= 0.3 is 5.97 Å². The fraction of sp³-hybridized carbons (Fsp3) is 0.231. The van der Waals surface area contributed by atoms with Gasteiger partial charge in [0.15, 0.2) is 10.1 Å². The largest absolute Gasteiger partial charge is 0.490 e. The van der Waals surface area contributed by atoms with Gasteiger partial charge in [0.2, 0.25) is 0 Å². The lowest BCUT2D eigenvalue weighted by molar-refractivity contribution is 0.0701. The summed E-state index contributed by atoms with van der Waals surface area (Å²) in [5, 5.41) is 9.89. The predicted octanol–water partition coefficient (Wildman–Crippen LogP) is 4.63. The van der Waals surface area contributed by atoms with Crippen LogP contribution in [0.3, 0.4) is 0 Å². The summed E-state index contributed by atoms with van der Waals surface area (Å²) in [5.41, 5.74) is 0.532. The molecule has 1 aromatic heterocycles. The van der Waals surface area contributed by atoms with Crippen LogP contribution in [0.25, 0.3) is 0 Å². The molecule has 0 spiro atoms. The van der Waals surface area contributed by atoms with Crippen molar-refractivity contribution in [3.8, 4) is 5.75 Å². The molecule has 1 aromatic carbocycles. The summed E-state index contributed by atoms with van der Waals surface area (Å²) in [6.07, 6.45) is 0. The average molecular weight is 364 g/mol. The number of rotatable bonds is 6. The van der Waals surface area contributed by atoms with Gasteiger partial charge < -0.3 is 9.84 Å². The number of carboxylic acids is 1. The maximum absolute atomic E-state index is 10.9. The third-order valence-corrected chi connectivity index (χ3v) is 5.29. The van der Waals surface area contributed by atoms with Crippen LogP contribution in [0.1, 0.15) is 15.4 Å². The first-order valence-corrected chi connectivity index (χ1v) is 8.45. The molecule has 112 valence electrons. The van der Waals surface area contributed by atoms with Crippen molar-refractivity contribution in [3.63, 3.8) is 0 Å². The molecule has 4 nitrogen and oxygen atoms in total. The van der Waals surface area contributed by atoms with Gasteiger partial charge in [-0.05, 0) is 19.1 Å². The van der Waals surface area contributed by atoms with Crippen LogP contribution in [0.15, 0.2) is 22.5 Å². The zero-order valence-electron chi connectivity index (χ0n) is 10.9. The van der Waals surface area contributed by atoms with Gasteiger partial charge in [0.1, 0.15) is 4.88 Å². The van der Waals surface area contributed by atoms with Crippen LogP contribution in [0.2, 0.25) is 10.0 Å². The second kappa shape index (κ2) is 7.35. The van der Waals surface area contributed by atoms with Crippen LogP contribution in [-0.2, 0) is 0 Å². The van der Waals surface area contributed by atoms with E-state index in [2.05, 4.69) is 4.98 Å². The minimum atomic E-state index is -0.948. The summed E-state index contributed by atoms with van der Waals surface area (Å²) in [7, 11) is 0. The van der Waals surface area contributed by atoms with Crippen molar-refractivity contribution in [2.24, 2.45) is 0 Å². The molecule has 1 heterocycles. The molecule has 0 fully saturated rings. The minimum Gasteiger partial charge on any atom is -0.490 e. The highest BCUT2D eigenvalue weighted by atomic mass is 35.5. The van der Waals surface area contributed by atoms with E-state index in [1.165, 1.54) is 11.8 Å². The minimum absolute atomic E-state index is 0.271. The van der Waals surface area contributed by atoms with E-state index in [1.807, 2.05) is 0 Å². The monoisotopic (exact) mass is 363 g/mol. The van der Waals surface area contributed by atoms with Crippen LogP contribution < -0.4 is 4.74 Å². The number of aromatic carboxylic acids is 1. The van der Waals surface area contributed by atoms with Crippen molar-refractivity contribution in [2.75, 3.05) is 12.4 Å². The van der Waals surface area contributed by atoms with Crippen molar-refractivity contribution in [1.82, 2.24) is 4.98 Å². The van der Waals surface area contributed by atoms with Crippen molar-refractivity contribution < 1.29 is 14.6 Å². The Morgan fingerprint density at radius 3 is 2.67 bits per heavy atom. The first kappa shape index (κ1) is 16.4. The van der Waals surface area contributed by atoms with E-state index in [-0.39, 0.29) is 4.88 Å². The number of thiazole rings is 1. The maximum atomic E-state index is 10.9. The summed E-state index contributed by atoms with van der Waals surface area (Å²) in [6.45, 7) is 2.08. The number of nitrogens with zero attached hydrogens (tertiary/aromatic N) is 1. The molecule has 0 aliphatic rings. The van der Waals surface area contributed by atoms with E-state index in [0.29, 0.717) is 38.2 Å². The zero-order valence-corrected chi connectivity index (χ0v) is 14.1. The van der Waals surface area contributed by atoms with E-state index < -0.39 is 5.97 Å². The Hall–Kier alpha value is -0.950. The first-order valence-electron chi connectivity index (χ1n) is 5.89. The van der Waals surface area contributed by atoms with E-state index in [0.717, 1.165) is 11.3 Å². The molecule has 0 aliphatic carbocycles. The van der Waals surface area contributed by atoms with E-state index in [4.69, 9.17) is 33.0 Å². The van der Waals surface area contributed by atoms with Gasteiger partial charge in [-0.1, -0.05) is 41.0 Å². The fourth-order valence-corrected chi connectivity index (χ4v) is 3.95. The lowest BCUT2D eigenvalue weighted by Gasteiger charge is -2.08. The van der Waals surface area contributed by atoms with Crippen molar-refractivity contribution in [3.05, 3.63) is 38.8 Å². The van der Waals surface area contributed by atoms with Crippen LogP contribution in [0.5, 0.6) is 5.75 Å². The van der Waals surface area contributed by atoms with Crippen LogP contribution in [0, 0.1) is 6.92 Å². The Bertz CT molecular complexity index is 641. The number of halogens is 2. The molecular formula is C13H11Cl2NO3S2. The second-order valence-corrected chi connectivity index (χ2v) is 7.10. The molecule has 0 saturated heterocycles. The van der Waals surface area contributed by atoms with Crippen molar-refractivity contribution >= 4 is 52.3 Å². The third kappa shape index (κ3) is 4.26. The molecule has 8 heteroatoms. The summed E-state index contributed by atoms with van der Waals surface area (Å²) in [6, 6.07) is 5.16. The lowest BCUT2D eigenvalue weighted by atomic mass is 10.3. The number of carbonyl (C=O) groups is 1. The van der Waals surface area contributed by atoms with Gasteiger partial charge in [0.05, 0.1) is 22.3 Å². The van der Waals surface area contributed by atoms with Gasteiger partial charge in [-0.25, -0.2) is 9.78 Å². The Labute approximate surface area is 140 Å². The molecule has 1 N–H and O–H groups in total. The Morgan fingerprint density at radius 1 is 1.43 bits per heavy atom. The smallest absolute Gasteiger partial charge is 0.347 e. The van der Waals surface area contributed by atoms with Gasteiger partial charge in [-0.2, -0.15) is 0 Å². The SMILES string of the molecule is Cc1nc(SCCOc2c(Cl)cccc2Cl)sc1C(=O)O. The molecule has 0 atom stereocenters. The molecule has 21 heavy (non-hydrogen) atoms. The van der Waals surface area contributed by atoms with Crippen LogP contribution in [0.4, 0.5) is 0 Å². The zero-order chi connectivity index (χ0) is 15.4. The number of hydrogen-bond acceptors (Lipinski definition) is 5. The number of benzene rings is 1. The molecule has 0 amide bonds. The summed E-state index contributed by atoms with van der Waals surface area (Å²) in [5.74, 6) is 0.132. The highest BCUT2D eigenvalue weighted by Gasteiger charge is 2.14. The number of ether oxygens (including phenoxy) is 1. The average Bonchev–Trinajstić information content (AvgIpc) is 2.79. The number of para-hydroxylation sites is 1. The number of thioether (sulfide) groups is 1. The normalized spacial score (nSPS) is 10.6. The molecule has 0 aliphatic heterocycles. The highest BCUT2D eigenvalue weighted by molar-refractivity contribution is 8.01. The Balaban J connectivity index is 1.88. The van der Waals surface area contributed by atoms with E-state index in [1.54, 1.807) is 25.1 Å². The molecule has 2 aromatic rings. The Morgan fingerprint density at radius 2 is 2.10 bits per heavy atom. The highest BCUT2D eigenvalue weighted by Crippen LogP contribution is 2.33. The standard InChI is InChI=1S/C13H11Cl2NO3S2/c1-7-11(12(17)18)21-13(16-7)20-6-5-19-10-8(14)3-2-4-9(10)15/h2-4H,5-6H2,1H3,(H,17,18). The number of carboxylic acid groups (broad SMARTS) is 1. The quantitative estimate of drug-likeness (QED) is 0.598. The lowest BCUT2D eigenvalue weighted by Crippen LogP contribution is -2.01. The van der Waals surface area contributed by atoms with Crippen LogP contribution >= 0.6 is 46.3 Å². The molecular weight excluding hydrogens is 353 g/mol. The third-order valence-electron chi connectivity index (χ3n) is 2.45. The first-order chi connectivity index (χ1) is 9.99. The number of hydrogen-bond donors (Lipinski definition) is 1. The van der Waals surface area contributed by atoms with Crippen molar-refractivity contribution in [2.45, 2.75) is 11.3 Å². The predicted molar refractivity (Wildman–Crippen MR) is 86.5 cm³/mol. The van der Waals surface area contributed by atoms with Gasteiger partial charge in [-0.3, -0.25) is 0 Å². The van der Waals surface area contributed by atoms with Gasteiger partial charge in [0, 0.05) is 5.75 Å². The summed E-state index contributed by atoms with van der Waals surface area (Å²) in [4.78, 5) is 15.4. The second-order valence-electron chi connectivity index (χ2n) is 3.95. The fourth-order valence-electron chi connectivity index (χ4n) is 1.52. The molecule has 0 unspecified atom stereocenters. The number of aryl methyl sites for hydroxylation is 1. The summed E-state index contributed by atoms with van der Waals surface area (Å²) >= 11 is 14.6. The molecule has 0 saturated carbocycles. The summed E-state index contributed by atoms with van der Waals surface area (Å²) < 4.78 is 6.26. The molecule has 0 radical (unpaired) electrons. The molecule has 0 bridgehead atoms.